The van der Waals surface area contributed by atoms with E-state index in [2.05, 4.69) is 43.6 Å². The van der Waals surface area contributed by atoms with Gasteiger partial charge in [-0.15, -0.1) is 0 Å². The van der Waals surface area contributed by atoms with Gasteiger partial charge in [-0.2, -0.15) is 0 Å². The second kappa shape index (κ2) is 6.89. The Labute approximate surface area is 142 Å². The van der Waals surface area contributed by atoms with E-state index in [1.807, 2.05) is 0 Å². The van der Waals surface area contributed by atoms with Gasteiger partial charge in [0.25, 0.3) is 0 Å². The maximum absolute atomic E-state index is 12.8. The number of benzene rings is 1. The van der Waals surface area contributed by atoms with Crippen molar-refractivity contribution in [3.8, 4) is 0 Å². The topological polar surface area (TPSA) is 70.2 Å². The largest absolute Gasteiger partial charge is 0.345 e. The van der Waals surface area contributed by atoms with Crippen molar-refractivity contribution in [2.45, 2.75) is 64.2 Å². The zero-order valence-electron chi connectivity index (χ0n) is 14.7. The number of amides is 2. The molecule has 132 valence electrons. The van der Waals surface area contributed by atoms with E-state index < -0.39 is 11.8 Å². The number of piperidine rings is 1. The summed E-state index contributed by atoms with van der Waals surface area (Å²) in [6.45, 7) is 8.53. The second-order valence-electron chi connectivity index (χ2n) is 7.78. The molecule has 6 heteroatoms. The van der Waals surface area contributed by atoms with Crippen molar-refractivity contribution in [1.29, 1.82) is 0 Å². The van der Waals surface area contributed by atoms with Crippen LogP contribution in [0.25, 0.3) is 0 Å². The van der Waals surface area contributed by atoms with E-state index in [1.54, 1.807) is 12.1 Å². The molecule has 1 aliphatic heterocycles. The maximum atomic E-state index is 12.8. The molecule has 1 aromatic carbocycles. The van der Waals surface area contributed by atoms with Crippen LogP contribution in [0.1, 0.15) is 46.1 Å². The number of halogens is 1. The third kappa shape index (κ3) is 5.30. The molecule has 3 N–H and O–H groups in total. The normalized spacial score (nSPS) is 19.5. The van der Waals surface area contributed by atoms with Gasteiger partial charge < -0.3 is 16.0 Å². The van der Waals surface area contributed by atoms with Crippen LogP contribution < -0.4 is 16.0 Å². The molecule has 1 aromatic rings. The predicted octanol–water partition coefficient (Wildman–Crippen LogP) is 1.87. The van der Waals surface area contributed by atoms with Crippen LogP contribution in [0.3, 0.4) is 0 Å². The Morgan fingerprint density at radius 1 is 1.08 bits per heavy atom. The average Bonchev–Trinajstić information content (AvgIpc) is 2.42. The summed E-state index contributed by atoms with van der Waals surface area (Å²) in [7, 11) is 0. The Morgan fingerprint density at radius 3 is 2.17 bits per heavy atom. The molecule has 5 nitrogen and oxygen atoms in total. The van der Waals surface area contributed by atoms with Gasteiger partial charge in [0.15, 0.2) is 0 Å². The first-order chi connectivity index (χ1) is 11.1. The summed E-state index contributed by atoms with van der Waals surface area (Å²) < 4.78 is 12.8. The van der Waals surface area contributed by atoms with Crippen LogP contribution >= 0.6 is 0 Å². The Bertz CT molecular complexity index is 595. The van der Waals surface area contributed by atoms with Crippen LogP contribution in [0.15, 0.2) is 24.3 Å². The van der Waals surface area contributed by atoms with Gasteiger partial charge in [0.1, 0.15) is 5.82 Å². The number of rotatable bonds is 3. The van der Waals surface area contributed by atoms with Gasteiger partial charge >= 0.3 is 11.8 Å². The van der Waals surface area contributed by atoms with Crippen molar-refractivity contribution in [3.63, 3.8) is 0 Å². The van der Waals surface area contributed by atoms with Crippen molar-refractivity contribution >= 4 is 11.8 Å². The summed E-state index contributed by atoms with van der Waals surface area (Å²) in [4.78, 5) is 24.1. The Morgan fingerprint density at radius 2 is 1.62 bits per heavy atom. The van der Waals surface area contributed by atoms with E-state index in [9.17, 15) is 14.0 Å². The summed E-state index contributed by atoms with van der Waals surface area (Å²) in [5.74, 6) is -1.64. The van der Waals surface area contributed by atoms with Gasteiger partial charge in [-0.1, -0.05) is 12.1 Å². The van der Waals surface area contributed by atoms with E-state index in [0.29, 0.717) is 0 Å². The molecule has 0 atom stereocenters. The molecule has 0 radical (unpaired) electrons. The molecule has 0 spiro atoms. The lowest BCUT2D eigenvalue weighted by Gasteiger charge is -2.46. The molecular weight excluding hydrogens is 309 g/mol. The van der Waals surface area contributed by atoms with Gasteiger partial charge in [-0.3, -0.25) is 9.59 Å². The van der Waals surface area contributed by atoms with E-state index in [0.717, 1.165) is 18.4 Å². The van der Waals surface area contributed by atoms with Crippen molar-refractivity contribution in [1.82, 2.24) is 16.0 Å². The molecule has 0 bridgehead atoms. The van der Waals surface area contributed by atoms with Gasteiger partial charge in [0.05, 0.1) is 0 Å². The zero-order chi connectivity index (χ0) is 18.0. The molecule has 0 unspecified atom stereocenters. The summed E-state index contributed by atoms with van der Waals surface area (Å²) in [6.07, 6.45) is 1.51. The van der Waals surface area contributed by atoms with Gasteiger partial charge in [-0.25, -0.2) is 4.39 Å². The molecule has 1 aliphatic rings. The van der Waals surface area contributed by atoms with Crippen LogP contribution in [-0.2, 0) is 16.1 Å². The Hall–Kier alpha value is -1.95. The Kier molecular flexibility index (Phi) is 5.28. The van der Waals surface area contributed by atoms with E-state index in [4.69, 9.17) is 0 Å². The lowest BCUT2D eigenvalue weighted by atomic mass is 9.79. The van der Waals surface area contributed by atoms with Crippen LogP contribution in [0.4, 0.5) is 4.39 Å². The van der Waals surface area contributed by atoms with Gasteiger partial charge in [-0.05, 0) is 58.2 Å². The molecule has 2 rings (SSSR count). The van der Waals surface area contributed by atoms with Crippen LogP contribution in [-0.4, -0.2) is 28.9 Å². The monoisotopic (exact) mass is 335 g/mol. The lowest BCUT2D eigenvalue weighted by Crippen LogP contribution is -2.62. The lowest BCUT2D eigenvalue weighted by molar-refractivity contribution is -0.140. The summed E-state index contributed by atoms with van der Waals surface area (Å²) in [5.41, 5.74) is 0.524. The fourth-order valence-electron chi connectivity index (χ4n) is 3.54. The van der Waals surface area contributed by atoms with E-state index in [1.165, 1.54) is 12.1 Å². The van der Waals surface area contributed by atoms with Crippen molar-refractivity contribution < 1.29 is 14.0 Å². The average molecular weight is 335 g/mol. The van der Waals surface area contributed by atoms with E-state index >= 15 is 0 Å². The van der Waals surface area contributed by atoms with Gasteiger partial charge in [0.2, 0.25) is 0 Å². The molecule has 1 heterocycles. The van der Waals surface area contributed by atoms with Crippen LogP contribution in [0.5, 0.6) is 0 Å². The highest BCUT2D eigenvalue weighted by Crippen LogP contribution is 2.28. The first-order valence-electron chi connectivity index (χ1n) is 8.19. The predicted molar refractivity (Wildman–Crippen MR) is 90.7 cm³/mol. The SMILES string of the molecule is CC1(C)CC(NC(=O)C(=O)NCc2ccc(F)cc2)CC(C)(C)N1. The minimum atomic E-state index is -0.673. The molecule has 1 fully saturated rings. The molecule has 24 heavy (non-hydrogen) atoms. The minimum Gasteiger partial charge on any atom is -0.345 e. The molecule has 0 saturated carbocycles. The summed E-state index contributed by atoms with van der Waals surface area (Å²) in [6, 6.07) is 5.73. The third-order valence-corrected chi connectivity index (χ3v) is 4.10. The highest BCUT2D eigenvalue weighted by molar-refractivity contribution is 6.35. The number of carbonyl (C=O) groups is 2. The number of hydrogen-bond acceptors (Lipinski definition) is 3. The zero-order valence-corrected chi connectivity index (χ0v) is 14.7. The van der Waals surface area contributed by atoms with Crippen molar-refractivity contribution in [2.24, 2.45) is 0 Å². The highest BCUT2D eigenvalue weighted by Gasteiger charge is 2.38. The van der Waals surface area contributed by atoms with Crippen LogP contribution in [0.2, 0.25) is 0 Å². The molecule has 0 aromatic heterocycles. The number of carbonyl (C=O) groups excluding carboxylic acids is 2. The van der Waals surface area contributed by atoms with Gasteiger partial charge in [0, 0.05) is 23.7 Å². The van der Waals surface area contributed by atoms with Crippen LogP contribution in [0, 0.1) is 5.82 Å². The highest BCUT2D eigenvalue weighted by atomic mass is 19.1. The third-order valence-electron chi connectivity index (χ3n) is 4.10. The minimum absolute atomic E-state index is 0.0553. The fraction of sp³-hybridized carbons (Fsp3) is 0.556. The fourth-order valence-corrected chi connectivity index (χ4v) is 3.54. The molecular formula is C18H26FN3O2. The van der Waals surface area contributed by atoms with E-state index in [-0.39, 0.29) is 29.5 Å². The van der Waals surface area contributed by atoms with Crippen molar-refractivity contribution in [3.05, 3.63) is 35.6 Å². The van der Waals surface area contributed by atoms with Crippen molar-refractivity contribution in [2.75, 3.05) is 0 Å². The smallest absolute Gasteiger partial charge is 0.309 e. The second-order valence-corrected chi connectivity index (χ2v) is 7.78. The maximum Gasteiger partial charge on any atom is 0.309 e. The molecule has 2 amide bonds. The molecule has 0 aliphatic carbocycles. The number of nitrogens with one attached hydrogen (secondary N) is 3. The quantitative estimate of drug-likeness (QED) is 0.739. The summed E-state index contributed by atoms with van der Waals surface area (Å²) >= 11 is 0. The summed E-state index contributed by atoms with van der Waals surface area (Å²) in [5, 5.41) is 8.92. The number of hydrogen-bond donors (Lipinski definition) is 3. The first kappa shape index (κ1) is 18.4. The molecule has 1 saturated heterocycles. The standard InChI is InChI=1S/C18H26FN3O2/c1-17(2)9-14(10-18(3,4)22-17)21-16(24)15(23)20-11-12-5-7-13(19)8-6-12/h5-8,14,22H,9-11H2,1-4H3,(H,20,23)(H,21,24). The first-order valence-corrected chi connectivity index (χ1v) is 8.19. The Balaban J connectivity index is 1.87.